The Balaban J connectivity index is 1.31. The molecule has 5 aromatic rings. The summed E-state index contributed by atoms with van der Waals surface area (Å²) in [6.07, 6.45) is 3.20. The first kappa shape index (κ1) is 26.1. The van der Waals surface area contributed by atoms with Gasteiger partial charge >= 0.3 is 11.8 Å². The molecule has 4 aromatic carbocycles. The molecule has 0 fully saturated rings. The van der Waals surface area contributed by atoms with Crippen molar-refractivity contribution in [2.24, 2.45) is 5.10 Å². The van der Waals surface area contributed by atoms with Gasteiger partial charge in [-0.15, -0.1) is 0 Å². The average Bonchev–Trinajstić information content (AvgIpc) is 3.42. The van der Waals surface area contributed by atoms with Crippen molar-refractivity contribution < 1.29 is 18.7 Å². The first-order valence-corrected chi connectivity index (χ1v) is 12.4. The molecule has 1 heterocycles. The number of halogens is 1. The van der Waals surface area contributed by atoms with Gasteiger partial charge in [0.2, 0.25) is 0 Å². The SMILES string of the molecule is O=C(N/N=C\c1cn(-c2ccccc2)nc1-c1ccc(OCc2ccccc2)cc1)C(=O)Nc1ccc(F)cc1. The minimum absolute atomic E-state index is 0.285. The number of aromatic nitrogens is 2. The Labute approximate surface area is 229 Å². The van der Waals surface area contributed by atoms with Gasteiger partial charge in [-0.3, -0.25) is 9.59 Å². The van der Waals surface area contributed by atoms with E-state index in [0.717, 1.165) is 16.8 Å². The number of rotatable bonds is 8. The van der Waals surface area contributed by atoms with Gasteiger partial charge in [0.15, 0.2) is 0 Å². The first-order chi connectivity index (χ1) is 19.5. The molecule has 2 N–H and O–H groups in total. The van der Waals surface area contributed by atoms with Crippen LogP contribution in [-0.4, -0.2) is 27.8 Å². The van der Waals surface area contributed by atoms with Gasteiger partial charge in [0, 0.05) is 23.0 Å². The van der Waals surface area contributed by atoms with Crippen molar-refractivity contribution in [2.45, 2.75) is 6.61 Å². The van der Waals surface area contributed by atoms with E-state index in [-0.39, 0.29) is 5.69 Å². The topological polar surface area (TPSA) is 97.6 Å². The minimum Gasteiger partial charge on any atom is -0.489 e. The molecule has 0 aliphatic rings. The van der Waals surface area contributed by atoms with Gasteiger partial charge in [0.1, 0.15) is 23.9 Å². The fourth-order valence-electron chi connectivity index (χ4n) is 3.80. The summed E-state index contributed by atoms with van der Waals surface area (Å²) >= 11 is 0. The third-order valence-electron chi connectivity index (χ3n) is 5.82. The van der Waals surface area contributed by atoms with Gasteiger partial charge in [0.25, 0.3) is 0 Å². The van der Waals surface area contributed by atoms with Gasteiger partial charge < -0.3 is 10.1 Å². The van der Waals surface area contributed by atoms with Crippen LogP contribution in [0.2, 0.25) is 0 Å². The second-order valence-electron chi connectivity index (χ2n) is 8.67. The summed E-state index contributed by atoms with van der Waals surface area (Å²) in [5, 5.41) is 11.1. The second kappa shape index (κ2) is 12.3. The lowest BCUT2D eigenvalue weighted by Gasteiger charge is -2.07. The number of amides is 2. The van der Waals surface area contributed by atoms with Gasteiger partial charge in [-0.1, -0.05) is 48.5 Å². The summed E-state index contributed by atoms with van der Waals surface area (Å²) in [5.74, 6) is -1.65. The summed E-state index contributed by atoms with van der Waals surface area (Å²) in [4.78, 5) is 24.4. The highest BCUT2D eigenvalue weighted by Gasteiger charge is 2.14. The van der Waals surface area contributed by atoms with E-state index < -0.39 is 17.6 Å². The van der Waals surface area contributed by atoms with Gasteiger partial charge in [-0.05, 0) is 66.2 Å². The van der Waals surface area contributed by atoms with Crippen molar-refractivity contribution in [1.82, 2.24) is 15.2 Å². The summed E-state index contributed by atoms with van der Waals surface area (Å²) in [6, 6.07) is 32.0. The lowest BCUT2D eigenvalue weighted by molar-refractivity contribution is -0.136. The second-order valence-corrected chi connectivity index (χ2v) is 8.67. The molecule has 198 valence electrons. The quantitative estimate of drug-likeness (QED) is 0.160. The Kier molecular flexibility index (Phi) is 8.02. The van der Waals surface area contributed by atoms with Crippen molar-refractivity contribution >= 4 is 23.7 Å². The number of hydrazone groups is 1. The molecule has 2 amide bonds. The van der Waals surface area contributed by atoms with E-state index in [1.54, 1.807) is 10.9 Å². The number of nitrogens with zero attached hydrogens (tertiary/aromatic N) is 3. The van der Waals surface area contributed by atoms with Crippen molar-refractivity contribution in [3.8, 4) is 22.7 Å². The van der Waals surface area contributed by atoms with Crippen LogP contribution in [0.15, 0.2) is 120 Å². The molecular weight excluding hydrogens is 509 g/mol. The standard InChI is InChI=1S/C31H24FN5O3/c32-25-13-15-26(16-14-25)34-30(38)31(39)35-33-19-24-20-37(27-9-5-2-6-10-27)36-29(24)23-11-17-28(18-12-23)40-21-22-7-3-1-4-8-22/h1-20H,21H2,(H,34,38)(H,35,39)/b33-19-. The molecule has 0 bridgehead atoms. The summed E-state index contributed by atoms with van der Waals surface area (Å²) in [5.41, 5.74) is 6.45. The fraction of sp³-hybridized carbons (Fsp3) is 0.0323. The number of ether oxygens (including phenoxy) is 1. The minimum atomic E-state index is -0.975. The summed E-state index contributed by atoms with van der Waals surface area (Å²) in [6.45, 7) is 0.454. The van der Waals surface area contributed by atoms with E-state index in [1.165, 1.54) is 30.5 Å². The fourth-order valence-corrected chi connectivity index (χ4v) is 3.80. The Bertz CT molecular complexity index is 1620. The van der Waals surface area contributed by atoms with Gasteiger partial charge in [-0.25, -0.2) is 14.5 Å². The van der Waals surface area contributed by atoms with Crippen LogP contribution >= 0.6 is 0 Å². The lowest BCUT2D eigenvalue weighted by Crippen LogP contribution is -2.32. The number of hydrogen-bond acceptors (Lipinski definition) is 5. The molecule has 40 heavy (non-hydrogen) atoms. The number of benzene rings is 4. The third-order valence-corrected chi connectivity index (χ3v) is 5.82. The molecule has 0 aliphatic heterocycles. The van der Waals surface area contributed by atoms with Crippen LogP contribution in [0.25, 0.3) is 16.9 Å². The Morgan fingerprint density at radius 3 is 2.23 bits per heavy atom. The molecule has 0 saturated heterocycles. The van der Waals surface area contributed by atoms with Crippen LogP contribution in [0.1, 0.15) is 11.1 Å². The highest BCUT2D eigenvalue weighted by molar-refractivity contribution is 6.39. The number of para-hydroxylation sites is 1. The van der Waals surface area contributed by atoms with Crippen LogP contribution in [0.3, 0.4) is 0 Å². The Morgan fingerprint density at radius 2 is 1.52 bits per heavy atom. The first-order valence-electron chi connectivity index (χ1n) is 12.4. The molecule has 0 spiro atoms. The molecule has 5 rings (SSSR count). The van der Waals surface area contributed by atoms with Gasteiger partial charge in [-0.2, -0.15) is 10.2 Å². The highest BCUT2D eigenvalue weighted by atomic mass is 19.1. The van der Waals surface area contributed by atoms with E-state index in [9.17, 15) is 14.0 Å². The maximum absolute atomic E-state index is 13.1. The number of carbonyl (C=O) groups is 2. The normalized spacial score (nSPS) is 10.8. The van der Waals surface area contributed by atoms with Crippen molar-refractivity contribution in [3.63, 3.8) is 0 Å². The summed E-state index contributed by atoms with van der Waals surface area (Å²) < 4.78 is 20.7. The van der Waals surface area contributed by atoms with Gasteiger partial charge in [0.05, 0.1) is 11.9 Å². The predicted octanol–water partition coefficient (Wildman–Crippen LogP) is 5.35. The Morgan fingerprint density at radius 1 is 0.850 bits per heavy atom. The smallest absolute Gasteiger partial charge is 0.329 e. The number of anilines is 1. The van der Waals surface area contributed by atoms with Crippen LogP contribution in [0, 0.1) is 5.82 Å². The molecule has 1 aromatic heterocycles. The van der Waals surface area contributed by atoms with E-state index in [1.807, 2.05) is 84.9 Å². The van der Waals surface area contributed by atoms with Crippen LogP contribution in [-0.2, 0) is 16.2 Å². The van der Waals surface area contributed by atoms with E-state index in [4.69, 9.17) is 9.84 Å². The number of nitrogens with one attached hydrogen (secondary N) is 2. The zero-order chi connectivity index (χ0) is 27.7. The molecule has 8 nitrogen and oxygen atoms in total. The van der Waals surface area contributed by atoms with E-state index >= 15 is 0 Å². The van der Waals surface area contributed by atoms with Crippen molar-refractivity contribution in [2.75, 3.05) is 5.32 Å². The maximum Gasteiger partial charge on any atom is 0.329 e. The predicted molar refractivity (Wildman–Crippen MR) is 151 cm³/mol. The molecular formula is C31H24FN5O3. The van der Waals surface area contributed by atoms with Crippen LogP contribution in [0.4, 0.5) is 10.1 Å². The zero-order valence-corrected chi connectivity index (χ0v) is 21.2. The molecule has 0 aliphatic carbocycles. The van der Waals surface area contributed by atoms with Crippen molar-refractivity contribution in [1.29, 1.82) is 0 Å². The highest BCUT2D eigenvalue weighted by Crippen LogP contribution is 2.25. The van der Waals surface area contributed by atoms with Crippen LogP contribution in [0.5, 0.6) is 5.75 Å². The average molecular weight is 534 g/mol. The third kappa shape index (κ3) is 6.65. The Hall–Kier alpha value is -5.57. The monoisotopic (exact) mass is 533 g/mol. The zero-order valence-electron chi connectivity index (χ0n) is 21.2. The molecule has 0 atom stereocenters. The number of carbonyl (C=O) groups excluding carboxylic acids is 2. The molecule has 0 unspecified atom stereocenters. The molecule has 9 heteroatoms. The van der Waals surface area contributed by atoms with E-state index in [2.05, 4.69) is 15.8 Å². The van der Waals surface area contributed by atoms with E-state index in [0.29, 0.717) is 23.6 Å². The molecule has 0 saturated carbocycles. The number of hydrogen-bond donors (Lipinski definition) is 2. The van der Waals surface area contributed by atoms with Crippen molar-refractivity contribution in [3.05, 3.63) is 132 Å². The summed E-state index contributed by atoms with van der Waals surface area (Å²) in [7, 11) is 0. The van der Waals surface area contributed by atoms with Crippen LogP contribution < -0.4 is 15.5 Å². The lowest BCUT2D eigenvalue weighted by atomic mass is 10.1. The molecule has 0 radical (unpaired) electrons. The maximum atomic E-state index is 13.1. The largest absolute Gasteiger partial charge is 0.489 e.